The Labute approximate surface area is 129 Å². The molecule has 11 heteroatoms. The summed E-state index contributed by atoms with van der Waals surface area (Å²) in [6, 6.07) is 1.96. The van der Waals surface area contributed by atoms with Gasteiger partial charge in [-0.15, -0.1) is 23.5 Å². The van der Waals surface area contributed by atoms with E-state index in [1.165, 1.54) is 23.5 Å². The molecule has 21 heavy (non-hydrogen) atoms. The van der Waals surface area contributed by atoms with Crippen molar-refractivity contribution in [1.82, 2.24) is 20.4 Å². The largest absolute Gasteiger partial charge is 0.383 e. The van der Waals surface area contributed by atoms with Crippen molar-refractivity contribution in [1.29, 1.82) is 5.26 Å². The van der Waals surface area contributed by atoms with Crippen LogP contribution in [0, 0.1) is 11.3 Å². The van der Waals surface area contributed by atoms with Gasteiger partial charge in [0, 0.05) is 0 Å². The van der Waals surface area contributed by atoms with E-state index in [-0.39, 0.29) is 11.4 Å². The van der Waals surface area contributed by atoms with Gasteiger partial charge in [-0.2, -0.15) is 15.5 Å². The van der Waals surface area contributed by atoms with E-state index in [1.54, 1.807) is 6.26 Å². The topological polar surface area (TPSA) is 176 Å². The van der Waals surface area contributed by atoms with Crippen LogP contribution in [0.2, 0.25) is 0 Å². The zero-order valence-electron chi connectivity index (χ0n) is 11.3. The summed E-state index contributed by atoms with van der Waals surface area (Å²) < 4.78 is 0. The van der Waals surface area contributed by atoms with E-state index in [9.17, 15) is 4.79 Å². The second-order valence-corrected chi connectivity index (χ2v) is 5.11. The molecule has 0 aliphatic heterocycles. The number of nitrogens with one attached hydrogen (secondary N) is 2. The number of anilines is 2. The molecule has 2 aromatic rings. The molecule has 0 aliphatic rings. The molecule has 0 fully saturated rings. The third-order valence-electron chi connectivity index (χ3n) is 2.27. The van der Waals surface area contributed by atoms with Crippen LogP contribution in [0.15, 0.2) is 10.1 Å². The van der Waals surface area contributed by atoms with Crippen molar-refractivity contribution in [2.24, 2.45) is 5.73 Å². The van der Waals surface area contributed by atoms with Crippen LogP contribution in [0.4, 0.5) is 11.6 Å². The van der Waals surface area contributed by atoms with Gasteiger partial charge in [-0.1, -0.05) is 0 Å². The molecule has 0 saturated carbocycles. The van der Waals surface area contributed by atoms with Crippen molar-refractivity contribution in [2.45, 2.75) is 10.1 Å². The van der Waals surface area contributed by atoms with Crippen LogP contribution in [0.1, 0.15) is 15.9 Å². The molecule has 0 atom stereocenters. The Kier molecular flexibility index (Phi) is 5.94. The minimum atomic E-state index is -0.555. The quantitative estimate of drug-likeness (QED) is 0.503. The number of hydrogen-bond donors (Lipinski definition) is 5. The highest BCUT2D eigenvalue weighted by molar-refractivity contribution is 7.98. The number of carbonyl (C=O) groups excluding carboxylic acids is 1. The molecule has 0 bridgehead atoms. The number of aromatic nitrogens is 4. The normalized spacial score (nSPS) is 9.57. The summed E-state index contributed by atoms with van der Waals surface area (Å²) in [6.45, 7) is 0. The lowest BCUT2D eigenvalue weighted by atomic mass is 10.3. The molecule has 0 unspecified atom stereocenters. The highest BCUT2D eigenvalue weighted by Gasteiger charge is 2.14. The molecule has 8 N–H and O–H groups in total. The number of thioether (sulfide) groups is 2. The van der Waals surface area contributed by atoms with Crippen LogP contribution < -0.4 is 17.2 Å². The van der Waals surface area contributed by atoms with Gasteiger partial charge in [0.2, 0.25) is 0 Å². The number of nitrogens with zero attached hydrogens (tertiary/aromatic N) is 3. The Balaban J connectivity index is 0.000000211. The van der Waals surface area contributed by atoms with Gasteiger partial charge in [-0.25, -0.2) is 0 Å². The highest BCUT2D eigenvalue weighted by atomic mass is 32.2. The number of aromatic amines is 2. The number of nitrogens with two attached hydrogens (primary N) is 3. The van der Waals surface area contributed by atoms with E-state index >= 15 is 0 Å². The molecule has 2 aromatic heterocycles. The van der Waals surface area contributed by atoms with E-state index in [1.807, 2.05) is 12.3 Å². The average molecular weight is 326 g/mol. The highest BCUT2D eigenvalue weighted by Crippen LogP contribution is 2.21. The van der Waals surface area contributed by atoms with Crippen molar-refractivity contribution in [3.63, 3.8) is 0 Å². The average Bonchev–Trinajstić information content (AvgIpc) is 3.01. The number of primary amides is 1. The number of rotatable bonds is 3. The fourth-order valence-electron chi connectivity index (χ4n) is 1.32. The molecule has 0 aliphatic carbocycles. The first kappa shape index (κ1) is 16.7. The predicted octanol–water partition coefficient (Wildman–Crippen LogP) is 0.398. The summed E-state index contributed by atoms with van der Waals surface area (Å²) >= 11 is 2.72. The minimum Gasteiger partial charge on any atom is -0.383 e. The third kappa shape index (κ3) is 3.83. The fourth-order valence-corrected chi connectivity index (χ4v) is 2.37. The number of carbonyl (C=O) groups is 1. The van der Waals surface area contributed by atoms with E-state index < -0.39 is 5.91 Å². The van der Waals surface area contributed by atoms with E-state index in [4.69, 9.17) is 22.5 Å². The molecule has 0 aromatic carbocycles. The molecule has 2 heterocycles. The van der Waals surface area contributed by atoms with Crippen molar-refractivity contribution >= 4 is 41.1 Å². The van der Waals surface area contributed by atoms with E-state index in [2.05, 4.69) is 20.4 Å². The third-order valence-corrected chi connectivity index (χ3v) is 3.63. The molecule has 0 spiro atoms. The molecule has 2 rings (SSSR count). The van der Waals surface area contributed by atoms with E-state index in [0.29, 0.717) is 21.4 Å². The Bertz CT molecular complexity index is 671. The van der Waals surface area contributed by atoms with Gasteiger partial charge in [-0.3, -0.25) is 15.0 Å². The lowest BCUT2D eigenvalue weighted by Crippen LogP contribution is -2.13. The van der Waals surface area contributed by atoms with Gasteiger partial charge in [0.05, 0.1) is 0 Å². The number of amides is 1. The van der Waals surface area contributed by atoms with Gasteiger partial charge < -0.3 is 17.2 Å². The van der Waals surface area contributed by atoms with Crippen LogP contribution in [0.25, 0.3) is 0 Å². The lowest BCUT2D eigenvalue weighted by Gasteiger charge is -1.92. The van der Waals surface area contributed by atoms with Crippen LogP contribution >= 0.6 is 23.5 Å². The second kappa shape index (κ2) is 7.46. The maximum absolute atomic E-state index is 10.7. The van der Waals surface area contributed by atoms with Crippen LogP contribution in [-0.4, -0.2) is 38.8 Å². The molecule has 0 saturated heterocycles. The summed E-state index contributed by atoms with van der Waals surface area (Å²) in [5, 5.41) is 22.3. The van der Waals surface area contributed by atoms with Crippen molar-refractivity contribution < 1.29 is 4.79 Å². The van der Waals surface area contributed by atoms with Gasteiger partial charge in [0.15, 0.2) is 0 Å². The fraction of sp³-hybridized carbons (Fsp3) is 0.200. The van der Waals surface area contributed by atoms with Crippen molar-refractivity contribution in [3.05, 3.63) is 11.1 Å². The monoisotopic (exact) mass is 326 g/mol. The second-order valence-electron chi connectivity index (χ2n) is 3.52. The number of H-pyrrole nitrogens is 2. The number of hydrogen-bond acceptors (Lipinski definition) is 8. The zero-order chi connectivity index (χ0) is 16.0. The lowest BCUT2D eigenvalue weighted by molar-refractivity contribution is 0.0998. The van der Waals surface area contributed by atoms with Gasteiger partial charge >= 0.3 is 0 Å². The smallest absolute Gasteiger partial charge is 0.255 e. The van der Waals surface area contributed by atoms with Gasteiger partial charge in [0.1, 0.15) is 38.9 Å². The van der Waals surface area contributed by atoms with Crippen LogP contribution in [-0.2, 0) is 0 Å². The van der Waals surface area contributed by atoms with Crippen molar-refractivity contribution in [3.8, 4) is 6.07 Å². The van der Waals surface area contributed by atoms with Crippen LogP contribution in [0.3, 0.4) is 0 Å². The summed E-state index contributed by atoms with van der Waals surface area (Å²) in [4.78, 5) is 10.7. The Morgan fingerprint density at radius 3 is 2.05 bits per heavy atom. The van der Waals surface area contributed by atoms with Crippen molar-refractivity contribution in [2.75, 3.05) is 24.0 Å². The maximum Gasteiger partial charge on any atom is 0.255 e. The summed E-state index contributed by atoms with van der Waals surface area (Å²) in [5.41, 5.74) is 16.5. The number of nitriles is 1. The first-order chi connectivity index (χ1) is 9.96. The molecule has 9 nitrogen and oxygen atoms in total. The maximum atomic E-state index is 10.7. The Morgan fingerprint density at radius 1 is 1.14 bits per heavy atom. The molecular weight excluding hydrogens is 312 g/mol. The minimum absolute atomic E-state index is 0.224. The molecular formula is C10H14N8OS2. The summed E-state index contributed by atoms with van der Waals surface area (Å²) in [6.07, 6.45) is 3.64. The van der Waals surface area contributed by atoms with Crippen LogP contribution in [0.5, 0.6) is 0 Å². The Morgan fingerprint density at radius 2 is 1.67 bits per heavy atom. The SMILES string of the molecule is CSc1n[nH]c(N)c1C#N.CSc1n[nH]c(N)c1C(N)=O. The summed E-state index contributed by atoms with van der Waals surface area (Å²) in [7, 11) is 0. The first-order valence-corrected chi connectivity index (χ1v) is 7.86. The molecule has 0 radical (unpaired) electrons. The predicted molar refractivity (Wildman–Crippen MR) is 82.8 cm³/mol. The summed E-state index contributed by atoms with van der Waals surface area (Å²) in [5.74, 6) is 0.00861. The van der Waals surface area contributed by atoms with E-state index in [0.717, 1.165) is 0 Å². The van der Waals surface area contributed by atoms with Gasteiger partial charge in [-0.05, 0) is 12.5 Å². The van der Waals surface area contributed by atoms with Gasteiger partial charge in [0.25, 0.3) is 5.91 Å². The first-order valence-electron chi connectivity index (χ1n) is 5.41. The number of nitrogen functional groups attached to an aromatic ring is 2. The Hall–Kier alpha value is -2.32. The molecule has 1 amide bonds. The standard InChI is InChI=1S/C5H8N4OS.C5H6N4S/c1-11-5-2(4(7)10)3(6)8-9-5;1-10-5-3(2-6)4(7)8-9-5/h1H3,(H2,7,10)(H3,6,8,9);1H3,(H3,7,8,9). The molecule has 112 valence electrons. The zero-order valence-corrected chi connectivity index (χ0v) is 12.9.